The first-order valence-electron chi connectivity index (χ1n) is 6.52. The molecule has 1 aromatic heterocycles. The largest absolute Gasteiger partial charge is 0.495 e. The molecule has 0 radical (unpaired) electrons. The van der Waals surface area contributed by atoms with E-state index in [1.165, 1.54) is 0 Å². The summed E-state index contributed by atoms with van der Waals surface area (Å²) in [4.78, 5) is 4.56. The highest BCUT2D eigenvalue weighted by Gasteiger charge is 2.15. The third kappa shape index (κ3) is 2.47. The summed E-state index contributed by atoms with van der Waals surface area (Å²) in [7, 11) is 1.66. The number of imidazole rings is 1. The standard InChI is InChI=1S/C16H14Cl2N2O/c1-10-3-6-15(21-2)14(7-10)20-13-5-4-11(18)8-12(13)19-16(20)9-17/h3-8H,9H2,1-2H3. The van der Waals surface area contributed by atoms with Crippen LogP contribution in [0.1, 0.15) is 11.4 Å². The predicted octanol–water partition coefficient (Wildman–Crippen LogP) is 4.73. The molecule has 3 aromatic rings. The molecule has 5 heteroatoms. The smallest absolute Gasteiger partial charge is 0.142 e. The number of ether oxygens (including phenoxy) is 1. The number of rotatable bonds is 3. The third-order valence-electron chi connectivity index (χ3n) is 3.38. The minimum absolute atomic E-state index is 0.309. The van der Waals surface area contributed by atoms with Gasteiger partial charge in [0.15, 0.2) is 0 Å². The van der Waals surface area contributed by atoms with Gasteiger partial charge in [0, 0.05) is 5.02 Å². The van der Waals surface area contributed by atoms with E-state index < -0.39 is 0 Å². The van der Waals surface area contributed by atoms with Gasteiger partial charge in [-0.05, 0) is 42.8 Å². The Morgan fingerprint density at radius 2 is 2.00 bits per heavy atom. The molecule has 0 aliphatic rings. The van der Waals surface area contributed by atoms with E-state index in [9.17, 15) is 0 Å². The van der Waals surface area contributed by atoms with Crippen molar-refractivity contribution in [3.8, 4) is 11.4 Å². The summed E-state index contributed by atoms with van der Waals surface area (Å²) in [6, 6.07) is 11.7. The molecule has 1 heterocycles. The van der Waals surface area contributed by atoms with Gasteiger partial charge in [-0.1, -0.05) is 17.7 Å². The number of aryl methyl sites for hydroxylation is 1. The molecule has 0 unspecified atom stereocenters. The van der Waals surface area contributed by atoms with Gasteiger partial charge in [0.1, 0.15) is 11.6 Å². The molecule has 0 N–H and O–H groups in total. The van der Waals surface area contributed by atoms with Crippen LogP contribution in [0.15, 0.2) is 36.4 Å². The Labute approximate surface area is 133 Å². The van der Waals surface area contributed by atoms with Gasteiger partial charge in [-0.15, -0.1) is 11.6 Å². The molecule has 0 amide bonds. The summed E-state index contributed by atoms with van der Waals surface area (Å²) in [6.45, 7) is 2.04. The molecule has 0 aliphatic carbocycles. The van der Waals surface area contributed by atoms with Gasteiger partial charge in [0.2, 0.25) is 0 Å². The zero-order chi connectivity index (χ0) is 15.0. The second kappa shape index (κ2) is 5.58. The molecule has 0 spiro atoms. The lowest BCUT2D eigenvalue weighted by Gasteiger charge is -2.13. The van der Waals surface area contributed by atoms with Crippen LogP contribution in [0.25, 0.3) is 16.7 Å². The molecule has 3 rings (SSSR count). The van der Waals surface area contributed by atoms with E-state index >= 15 is 0 Å². The average Bonchev–Trinajstić information content (AvgIpc) is 2.84. The lowest BCUT2D eigenvalue weighted by Crippen LogP contribution is -2.02. The van der Waals surface area contributed by atoms with Crippen molar-refractivity contribution in [3.63, 3.8) is 0 Å². The number of methoxy groups -OCH3 is 1. The molecule has 0 saturated heterocycles. The lowest BCUT2D eigenvalue weighted by molar-refractivity contribution is 0.413. The first-order chi connectivity index (χ1) is 10.1. The van der Waals surface area contributed by atoms with Crippen LogP contribution in [-0.4, -0.2) is 16.7 Å². The number of halogens is 2. The number of alkyl halides is 1. The van der Waals surface area contributed by atoms with Crippen molar-refractivity contribution in [1.29, 1.82) is 0 Å². The van der Waals surface area contributed by atoms with E-state index in [1.807, 2.05) is 41.8 Å². The molecular formula is C16H14Cl2N2O. The number of aromatic nitrogens is 2. The molecule has 0 aliphatic heterocycles. The van der Waals surface area contributed by atoms with Gasteiger partial charge in [-0.25, -0.2) is 4.98 Å². The fourth-order valence-corrected chi connectivity index (χ4v) is 2.78. The van der Waals surface area contributed by atoms with E-state index in [0.29, 0.717) is 10.9 Å². The number of benzene rings is 2. The van der Waals surface area contributed by atoms with Gasteiger partial charge in [0.25, 0.3) is 0 Å². The fourth-order valence-electron chi connectivity index (χ4n) is 2.44. The fraction of sp³-hybridized carbons (Fsp3) is 0.188. The number of fused-ring (bicyclic) bond motifs is 1. The number of hydrogen-bond acceptors (Lipinski definition) is 2. The highest BCUT2D eigenvalue weighted by atomic mass is 35.5. The van der Waals surface area contributed by atoms with Crippen LogP contribution < -0.4 is 4.74 Å². The minimum Gasteiger partial charge on any atom is -0.495 e. The second-order valence-corrected chi connectivity index (χ2v) is 5.51. The maximum Gasteiger partial charge on any atom is 0.142 e. The molecule has 21 heavy (non-hydrogen) atoms. The Morgan fingerprint density at radius 1 is 1.19 bits per heavy atom. The van der Waals surface area contributed by atoms with Gasteiger partial charge < -0.3 is 4.74 Å². The quantitative estimate of drug-likeness (QED) is 0.652. The predicted molar refractivity (Wildman–Crippen MR) is 86.9 cm³/mol. The van der Waals surface area contributed by atoms with Crippen molar-refractivity contribution in [2.75, 3.05) is 7.11 Å². The van der Waals surface area contributed by atoms with Crippen LogP contribution in [0.5, 0.6) is 5.75 Å². The molecule has 0 saturated carbocycles. The summed E-state index contributed by atoms with van der Waals surface area (Å²) >= 11 is 12.1. The summed E-state index contributed by atoms with van der Waals surface area (Å²) < 4.78 is 7.50. The minimum atomic E-state index is 0.309. The highest BCUT2D eigenvalue weighted by Crippen LogP contribution is 2.31. The Morgan fingerprint density at radius 3 is 2.71 bits per heavy atom. The van der Waals surface area contributed by atoms with Crippen LogP contribution in [0, 0.1) is 6.92 Å². The van der Waals surface area contributed by atoms with Crippen molar-refractivity contribution in [2.45, 2.75) is 12.8 Å². The lowest BCUT2D eigenvalue weighted by atomic mass is 10.2. The second-order valence-electron chi connectivity index (χ2n) is 4.81. The molecule has 3 nitrogen and oxygen atoms in total. The summed E-state index contributed by atoms with van der Waals surface area (Å²) in [5.41, 5.74) is 3.85. The van der Waals surface area contributed by atoms with Gasteiger partial charge in [0.05, 0.1) is 29.7 Å². The number of hydrogen-bond donors (Lipinski definition) is 0. The topological polar surface area (TPSA) is 27.1 Å². The van der Waals surface area contributed by atoms with Crippen molar-refractivity contribution in [1.82, 2.24) is 9.55 Å². The van der Waals surface area contributed by atoms with E-state index in [4.69, 9.17) is 27.9 Å². The maximum absolute atomic E-state index is 6.07. The summed E-state index contributed by atoms with van der Waals surface area (Å²) in [6.07, 6.45) is 0. The molecule has 0 atom stereocenters. The Kier molecular flexibility index (Phi) is 3.79. The van der Waals surface area contributed by atoms with Crippen LogP contribution in [-0.2, 0) is 5.88 Å². The van der Waals surface area contributed by atoms with E-state index in [1.54, 1.807) is 7.11 Å². The molecule has 0 fully saturated rings. The van der Waals surface area contributed by atoms with E-state index in [-0.39, 0.29) is 0 Å². The summed E-state index contributed by atoms with van der Waals surface area (Å²) in [5, 5.41) is 0.657. The summed E-state index contributed by atoms with van der Waals surface area (Å²) in [5.74, 6) is 1.85. The Bertz CT molecular complexity index is 811. The zero-order valence-electron chi connectivity index (χ0n) is 11.7. The molecular weight excluding hydrogens is 307 g/mol. The SMILES string of the molecule is COc1ccc(C)cc1-n1c(CCl)nc2cc(Cl)ccc21. The van der Waals surface area contributed by atoms with E-state index in [2.05, 4.69) is 11.1 Å². The van der Waals surface area contributed by atoms with Crippen LogP contribution in [0.3, 0.4) is 0 Å². The zero-order valence-corrected chi connectivity index (χ0v) is 13.2. The average molecular weight is 321 g/mol. The number of nitrogens with zero attached hydrogens (tertiary/aromatic N) is 2. The van der Waals surface area contributed by atoms with Crippen LogP contribution in [0.4, 0.5) is 0 Å². The monoisotopic (exact) mass is 320 g/mol. The van der Waals surface area contributed by atoms with E-state index in [0.717, 1.165) is 33.9 Å². The van der Waals surface area contributed by atoms with Crippen molar-refractivity contribution in [3.05, 3.63) is 52.8 Å². The Hall–Kier alpha value is -1.71. The van der Waals surface area contributed by atoms with Crippen molar-refractivity contribution in [2.24, 2.45) is 0 Å². The Balaban J connectivity index is 2.36. The molecule has 0 bridgehead atoms. The first-order valence-corrected chi connectivity index (χ1v) is 7.43. The molecule has 2 aromatic carbocycles. The first kappa shape index (κ1) is 14.2. The van der Waals surface area contributed by atoms with Gasteiger partial charge >= 0.3 is 0 Å². The van der Waals surface area contributed by atoms with Gasteiger partial charge in [-0.2, -0.15) is 0 Å². The van der Waals surface area contributed by atoms with Crippen LogP contribution in [0.2, 0.25) is 5.02 Å². The normalized spacial score (nSPS) is 11.0. The highest BCUT2D eigenvalue weighted by molar-refractivity contribution is 6.31. The van der Waals surface area contributed by atoms with Crippen molar-refractivity contribution < 1.29 is 4.74 Å². The van der Waals surface area contributed by atoms with Gasteiger partial charge in [-0.3, -0.25) is 4.57 Å². The third-order valence-corrected chi connectivity index (χ3v) is 3.85. The maximum atomic E-state index is 6.07. The van der Waals surface area contributed by atoms with Crippen LogP contribution >= 0.6 is 23.2 Å². The van der Waals surface area contributed by atoms with Crippen molar-refractivity contribution >= 4 is 34.2 Å². The molecule has 108 valence electrons.